The smallest absolute Gasteiger partial charge is 0.152 e. The molecule has 0 bridgehead atoms. The number of benzene rings is 4. The summed E-state index contributed by atoms with van der Waals surface area (Å²) in [7, 11) is 3.14. The number of carbonyl (C=O) groups is 1. The van der Waals surface area contributed by atoms with Gasteiger partial charge in [-0.1, -0.05) is 64.6 Å². The summed E-state index contributed by atoms with van der Waals surface area (Å²) in [6, 6.07) is 17.9. The summed E-state index contributed by atoms with van der Waals surface area (Å²) in [5.41, 5.74) is 4.38. The van der Waals surface area contributed by atoms with E-state index in [1.54, 1.807) is 20.3 Å². The summed E-state index contributed by atoms with van der Waals surface area (Å²) in [6.45, 7) is 2.74. The molecule has 9 heteroatoms. The summed E-state index contributed by atoms with van der Waals surface area (Å²) >= 11 is 26.4. The monoisotopic (exact) mass is 613 g/mol. The van der Waals surface area contributed by atoms with Crippen LogP contribution in [0, 0.1) is 6.92 Å². The number of nitrogens with zero attached hydrogens (tertiary/aromatic N) is 1. The molecule has 4 aromatic rings. The highest BCUT2D eigenvalue weighted by Gasteiger charge is 2.49. The summed E-state index contributed by atoms with van der Waals surface area (Å²) in [4.78, 5) is 14.8. The maximum Gasteiger partial charge on any atom is 0.152 e. The SMILES string of the molecule is COc1cc2c(cc1C)C(OC)(c1c(Cl)c(Cl)c(Cl)c(Cl)c1C=O)c1ccc(N3CCc4ccccc43)cc1O2. The molecular weight excluding hydrogens is 592 g/mol. The first kappa shape index (κ1) is 27.3. The van der Waals surface area contributed by atoms with Crippen molar-refractivity contribution in [2.75, 3.05) is 25.7 Å². The Morgan fingerprint density at radius 2 is 1.62 bits per heavy atom. The molecule has 5 nitrogen and oxygen atoms in total. The lowest BCUT2D eigenvalue weighted by Gasteiger charge is -2.41. The predicted octanol–water partition coefficient (Wildman–Crippen LogP) is 9.17. The summed E-state index contributed by atoms with van der Waals surface area (Å²) in [5.74, 6) is 1.63. The van der Waals surface area contributed by atoms with E-state index in [2.05, 4.69) is 17.0 Å². The number of carbonyl (C=O) groups excluding carboxylic acids is 1. The highest BCUT2D eigenvalue weighted by molar-refractivity contribution is 6.53. The molecule has 0 radical (unpaired) electrons. The largest absolute Gasteiger partial charge is 0.496 e. The number of hydrogen-bond acceptors (Lipinski definition) is 5. The molecule has 0 saturated carbocycles. The van der Waals surface area contributed by atoms with E-state index in [9.17, 15) is 4.79 Å². The minimum Gasteiger partial charge on any atom is -0.496 e. The molecule has 6 rings (SSSR count). The minimum absolute atomic E-state index is 0.00750. The van der Waals surface area contributed by atoms with Crippen LogP contribution in [0.15, 0.2) is 54.6 Å². The quantitative estimate of drug-likeness (QED) is 0.127. The lowest BCUT2D eigenvalue weighted by atomic mass is 9.75. The highest BCUT2D eigenvalue weighted by Crippen LogP contribution is 2.58. The molecule has 2 aliphatic heterocycles. The van der Waals surface area contributed by atoms with Gasteiger partial charge in [-0.2, -0.15) is 0 Å². The Morgan fingerprint density at radius 3 is 2.35 bits per heavy atom. The number of rotatable bonds is 5. The number of anilines is 2. The Bertz CT molecular complexity index is 1710. The van der Waals surface area contributed by atoms with Crippen LogP contribution in [0.25, 0.3) is 0 Å². The van der Waals surface area contributed by atoms with Crippen molar-refractivity contribution in [2.45, 2.75) is 18.9 Å². The Hall–Kier alpha value is -2.93. The Morgan fingerprint density at radius 1 is 0.900 bits per heavy atom. The normalized spacial score (nSPS) is 17.1. The van der Waals surface area contributed by atoms with Gasteiger partial charge in [0.1, 0.15) is 17.2 Å². The molecule has 40 heavy (non-hydrogen) atoms. The van der Waals surface area contributed by atoms with Crippen LogP contribution in [0.3, 0.4) is 0 Å². The molecule has 0 aliphatic carbocycles. The molecular formula is C31H23Cl4NO4. The maximum absolute atomic E-state index is 12.5. The second kappa shape index (κ2) is 10.2. The molecule has 0 saturated heterocycles. The van der Waals surface area contributed by atoms with Crippen LogP contribution in [-0.4, -0.2) is 27.1 Å². The number of hydrogen-bond donors (Lipinski definition) is 0. The second-order valence-electron chi connectivity index (χ2n) is 9.68. The lowest BCUT2D eigenvalue weighted by Crippen LogP contribution is -2.36. The Balaban J connectivity index is 1.67. The zero-order chi connectivity index (χ0) is 28.3. The number of aldehydes is 1. The molecule has 0 N–H and O–H groups in total. The van der Waals surface area contributed by atoms with E-state index in [1.165, 1.54) is 5.56 Å². The summed E-state index contributed by atoms with van der Waals surface area (Å²) in [6.07, 6.45) is 1.56. The molecule has 0 aromatic heterocycles. The molecule has 1 atom stereocenters. The van der Waals surface area contributed by atoms with E-state index < -0.39 is 5.60 Å². The Labute approximate surface area is 252 Å². The average Bonchev–Trinajstić information content (AvgIpc) is 3.41. The lowest BCUT2D eigenvalue weighted by molar-refractivity contribution is 0.0491. The van der Waals surface area contributed by atoms with Crippen molar-refractivity contribution in [3.63, 3.8) is 0 Å². The van der Waals surface area contributed by atoms with Crippen LogP contribution in [0.4, 0.5) is 11.4 Å². The second-order valence-corrected chi connectivity index (χ2v) is 11.2. The van der Waals surface area contributed by atoms with E-state index in [0.29, 0.717) is 34.7 Å². The average molecular weight is 615 g/mol. The first-order valence-corrected chi connectivity index (χ1v) is 14.0. The van der Waals surface area contributed by atoms with Gasteiger partial charge in [-0.25, -0.2) is 0 Å². The van der Waals surface area contributed by atoms with E-state index in [4.69, 9.17) is 60.6 Å². The third-order valence-corrected chi connectivity index (χ3v) is 9.54. The standard InChI is InChI=1S/C31H23Cl4NO4/c1-16-12-21-25(14-23(16)38-2)40-24-13-18(36-11-10-17-6-4-5-7-22(17)36)8-9-20(24)31(21,39-3)26-19(15-37)27(32)29(34)30(35)28(26)33/h4-9,12-15H,10-11H2,1-3H3. The van der Waals surface area contributed by atoms with Crippen molar-refractivity contribution < 1.29 is 19.0 Å². The number of halogens is 4. The van der Waals surface area contributed by atoms with Gasteiger partial charge in [-0.3, -0.25) is 4.79 Å². The van der Waals surface area contributed by atoms with Gasteiger partial charge in [0, 0.05) is 59.4 Å². The van der Waals surface area contributed by atoms with Crippen molar-refractivity contribution >= 4 is 64.1 Å². The van der Waals surface area contributed by atoms with Crippen molar-refractivity contribution in [2.24, 2.45) is 0 Å². The van der Waals surface area contributed by atoms with Gasteiger partial charge in [0.25, 0.3) is 0 Å². The zero-order valence-electron chi connectivity index (χ0n) is 21.8. The molecule has 2 aliphatic rings. The van der Waals surface area contributed by atoms with E-state index in [1.807, 2.05) is 43.3 Å². The van der Waals surface area contributed by atoms with Crippen molar-refractivity contribution in [1.82, 2.24) is 0 Å². The number of aryl methyl sites for hydroxylation is 1. The third-order valence-electron chi connectivity index (χ3n) is 7.72. The third kappa shape index (κ3) is 3.83. The van der Waals surface area contributed by atoms with Crippen LogP contribution in [0.1, 0.15) is 38.2 Å². The van der Waals surface area contributed by atoms with E-state index in [-0.39, 0.29) is 31.2 Å². The molecule has 1 unspecified atom stereocenters. The molecule has 0 amide bonds. The van der Waals surface area contributed by atoms with Gasteiger partial charge in [0.05, 0.1) is 27.2 Å². The highest BCUT2D eigenvalue weighted by atomic mass is 35.5. The fraction of sp³-hybridized carbons (Fsp3) is 0.194. The Kier molecular flexibility index (Phi) is 6.92. The van der Waals surface area contributed by atoms with Crippen LogP contribution < -0.4 is 14.4 Å². The topological polar surface area (TPSA) is 48.0 Å². The fourth-order valence-electron chi connectivity index (χ4n) is 5.87. The first-order valence-electron chi connectivity index (χ1n) is 12.5. The fourth-order valence-corrected chi connectivity index (χ4v) is 6.91. The van der Waals surface area contributed by atoms with E-state index in [0.717, 1.165) is 29.9 Å². The van der Waals surface area contributed by atoms with Gasteiger partial charge in [0.2, 0.25) is 0 Å². The number of methoxy groups -OCH3 is 2. The number of fused-ring (bicyclic) bond motifs is 3. The first-order chi connectivity index (χ1) is 19.3. The molecule has 0 spiro atoms. The predicted molar refractivity (Wildman–Crippen MR) is 160 cm³/mol. The minimum atomic E-state index is -1.42. The summed E-state index contributed by atoms with van der Waals surface area (Å²) < 4.78 is 18.5. The van der Waals surface area contributed by atoms with Gasteiger partial charge < -0.3 is 19.1 Å². The summed E-state index contributed by atoms with van der Waals surface area (Å²) in [5, 5.41) is 0.0647. The molecule has 0 fully saturated rings. The zero-order valence-corrected chi connectivity index (χ0v) is 24.8. The van der Waals surface area contributed by atoms with Crippen molar-refractivity contribution in [1.29, 1.82) is 0 Å². The van der Waals surface area contributed by atoms with Crippen LogP contribution in [-0.2, 0) is 16.8 Å². The van der Waals surface area contributed by atoms with Gasteiger partial charge in [-0.15, -0.1) is 0 Å². The van der Waals surface area contributed by atoms with Crippen LogP contribution in [0.5, 0.6) is 17.2 Å². The van der Waals surface area contributed by atoms with Gasteiger partial charge in [0.15, 0.2) is 11.9 Å². The van der Waals surface area contributed by atoms with Gasteiger partial charge in [-0.05, 0) is 48.7 Å². The van der Waals surface area contributed by atoms with Crippen LogP contribution in [0.2, 0.25) is 20.1 Å². The van der Waals surface area contributed by atoms with Gasteiger partial charge >= 0.3 is 0 Å². The number of para-hydroxylation sites is 1. The maximum atomic E-state index is 12.5. The molecule has 4 aromatic carbocycles. The van der Waals surface area contributed by atoms with Crippen LogP contribution >= 0.6 is 46.4 Å². The molecule has 204 valence electrons. The number of ether oxygens (including phenoxy) is 3. The van der Waals surface area contributed by atoms with E-state index >= 15 is 0 Å². The van der Waals surface area contributed by atoms with Crippen molar-refractivity contribution in [3.8, 4) is 17.2 Å². The van der Waals surface area contributed by atoms with Crippen molar-refractivity contribution in [3.05, 3.63) is 108 Å². The molecule has 2 heterocycles.